The molecule has 0 aliphatic rings. The molecular formula is C15H20O3Si. The second kappa shape index (κ2) is 8.21. The van der Waals surface area contributed by atoms with E-state index in [2.05, 4.69) is 0 Å². The van der Waals surface area contributed by atoms with Gasteiger partial charge in [0.05, 0.1) is 24.0 Å². The zero-order chi connectivity index (χ0) is 14.0. The zero-order valence-corrected chi connectivity index (χ0v) is 12.6. The minimum atomic E-state index is -2.99. The molecule has 0 bridgehead atoms. The SMILES string of the molecule is CC=CO[Si](OC=CC)(OC=CC)c1ccccc1. The number of rotatable bonds is 7. The molecule has 19 heavy (non-hydrogen) atoms. The van der Waals surface area contributed by atoms with Gasteiger partial charge < -0.3 is 13.3 Å². The Labute approximate surface area is 116 Å². The maximum Gasteiger partial charge on any atom is 0.735 e. The predicted octanol–water partition coefficient (Wildman–Crippen LogP) is 3.48. The first-order valence-corrected chi connectivity index (χ1v) is 7.94. The van der Waals surface area contributed by atoms with Crippen molar-refractivity contribution in [1.29, 1.82) is 0 Å². The van der Waals surface area contributed by atoms with E-state index in [4.69, 9.17) is 13.3 Å². The van der Waals surface area contributed by atoms with Gasteiger partial charge in [-0.05, 0) is 20.8 Å². The highest BCUT2D eigenvalue weighted by atomic mass is 28.4. The Balaban J connectivity index is 3.15. The van der Waals surface area contributed by atoms with Crippen molar-refractivity contribution >= 4 is 14.0 Å². The van der Waals surface area contributed by atoms with Gasteiger partial charge in [0.25, 0.3) is 0 Å². The summed E-state index contributed by atoms with van der Waals surface area (Å²) in [4.78, 5) is 0. The van der Waals surface area contributed by atoms with Crippen molar-refractivity contribution in [2.24, 2.45) is 0 Å². The van der Waals surface area contributed by atoms with Crippen molar-refractivity contribution in [3.05, 3.63) is 67.3 Å². The largest absolute Gasteiger partial charge is 0.735 e. The quantitative estimate of drug-likeness (QED) is 0.563. The Morgan fingerprint density at radius 2 is 1.16 bits per heavy atom. The van der Waals surface area contributed by atoms with E-state index >= 15 is 0 Å². The first-order chi connectivity index (χ1) is 9.29. The molecule has 102 valence electrons. The summed E-state index contributed by atoms with van der Waals surface area (Å²) in [6, 6.07) is 9.72. The second-order valence-electron chi connectivity index (χ2n) is 3.68. The van der Waals surface area contributed by atoms with Crippen LogP contribution in [0.3, 0.4) is 0 Å². The fraction of sp³-hybridized carbons (Fsp3) is 0.200. The van der Waals surface area contributed by atoms with Crippen molar-refractivity contribution < 1.29 is 13.3 Å². The molecule has 1 rings (SSSR count). The molecule has 0 amide bonds. The molecule has 0 aliphatic carbocycles. The normalized spacial score (nSPS) is 14.9. The van der Waals surface area contributed by atoms with E-state index in [1.807, 2.05) is 69.3 Å². The Morgan fingerprint density at radius 3 is 1.53 bits per heavy atom. The highest BCUT2D eigenvalue weighted by molar-refractivity contribution is 6.75. The van der Waals surface area contributed by atoms with Crippen LogP contribution in [0.25, 0.3) is 0 Å². The van der Waals surface area contributed by atoms with E-state index in [1.54, 1.807) is 18.8 Å². The van der Waals surface area contributed by atoms with Gasteiger partial charge in [-0.15, -0.1) is 0 Å². The molecule has 0 fully saturated rings. The van der Waals surface area contributed by atoms with E-state index in [-0.39, 0.29) is 0 Å². The standard InChI is InChI=1S/C15H20O3Si/c1-4-12-16-19(17-13-5-2,18-14-6-3)15-10-8-7-9-11-15/h4-14H,1-3H3. The van der Waals surface area contributed by atoms with E-state index < -0.39 is 8.80 Å². The number of benzene rings is 1. The van der Waals surface area contributed by atoms with Crippen molar-refractivity contribution in [2.45, 2.75) is 20.8 Å². The molecule has 0 N–H and O–H groups in total. The summed E-state index contributed by atoms with van der Waals surface area (Å²) in [5.74, 6) is 0. The lowest BCUT2D eigenvalue weighted by molar-refractivity contribution is 0.198. The summed E-state index contributed by atoms with van der Waals surface area (Å²) in [6.07, 6.45) is 10.2. The minimum absolute atomic E-state index is 0.907. The molecular weight excluding hydrogens is 256 g/mol. The van der Waals surface area contributed by atoms with Crippen LogP contribution < -0.4 is 5.19 Å². The lowest BCUT2D eigenvalue weighted by Crippen LogP contribution is -2.53. The van der Waals surface area contributed by atoms with Gasteiger partial charge in [-0.3, -0.25) is 0 Å². The van der Waals surface area contributed by atoms with Gasteiger partial charge in [0.2, 0.25) is 0 Å². The van der Waals surface area contributed by atoms with Crippen LogP contribution in [0.5, 0.6) is 0 Å². The Hall–Kier alpha value is -1.94. The Morgan fingerprint density at radius 1 is 0.737 bits per heavy atom. The van der Waals surface area contributed by atoms with Crippen LogP contribution in [-0.2, 0) is 13.3 Å². The summed E-state index contributed by atoms with van der Waals surface area (Å²) >= 11 is 0. The summed E-state index contributed by atoms with van der Waals surface area (Å²) in [5.41, 5.74) is 0. The van der Waals surface area contributed by atoms with Crippen LogP contribution in [0.2, 0.25) is 0 Å². The highest BCUT2D eigenvalue weighted by Crippen LogP contribution is 2.12. The predicted molar refractivity (Wildman–Crippen MR) is 79.5 cm³/mol. The topological polar surface area (TPSA) is 27.7 Å². The number of allylic oxidation sites excluding steroid dienone is 3. The third kappa shape index (κ3) is 4.33. The molecule has 0 radical (unpaired) electrons. The fourth-order valence-corrected chi connectivity index (χ4v) is 3.52. The monoisotopic (exact) mass is 276 g/mol. The van der Waals surface area contributed by atoms with Gasteiger partial charge in [0, 0.05) is 0 Å². The summed E-state index contributed by atoms with van der Waals surface area (Å²) in [7, 11) is -2.99. The van der Waals surface area contributed by atoms with E-state index in [9.17, 15) is 0 Å². The molecule has 0 aromatic heterocycles. The molecule has 0 spiro atoms. The molecule has 0 heterocycles. The van der Waals surface area contributed by atoms with Crippen LogP contribution in [0.4, 0.5) is 0 Å². The van der Waals surface area contributed by atoms with Gasteiger partial charge in [0.1, 0.15) is 0 Å². The van der Waals surface area contributed by atoms with E-state index in [1.165, 1.54) is 0 Å². The molecule has 3 nitrogen and oxygen atoms in total. The van der Waals surface area contributed by atoms with Crippen molar-refractivity contribution in [1.82, 2.24) is 0 Å². The smallest absolute Gasteiger partial charge is 0.487 e. The van der Waals surface area contributed by atoms with Gasteiger partial charge in [-0.1, -0.05) is 48.6 Å². The molecule has 0 aliphatic heterocycles. The number of hydrogen-bond donors (Lipinski definition) is 0. The van der Waals surface area contributed by atoms with Crippen LogP contribution in [0.1, 0.15) is 20.8 Å². The summed E-state index contributed by atoms with van der Waals surface area (Å²) in [5, 5.41) is 0.907. The van der Waals surface area contributed by atoms with Crippen LogP contribution in [-0.4, -0.2) is 8.80 Å². The summed E-state index contributed by atoms with van der Waals surface area (Å²) in [6.45, 7) is 5.65. The molecule has 0 saturated heterocycles. The Bertz CT molecular complexity index is 402. The number of hydrogen-bond acceptors (Lipinski definition) is 3. The molecule has 1 aromatic carbocycles. The molecule has 0 atom stereocenters. The fourth-order valence-electron chi connectivity index (χ4n) is 1.40. The zero-order valence-electron chi connectivity index (χ0n) is 11.6. The molecule has 1 aromatic rings. The van der Waals surface area contributed by atoms with Gasteiger partial charge in [0.15, 0.2) is 0 Å². The first kappa shape index (κ1) is 15.1. The van der Waals surface area contributed by atoms with Crippen LogP contribution in [0.15, 0.2) is 67.3 Å². The minimum Gasteiger partial charge on any atom is -0.487 e. The second-order valence-corrected chi connectivity index (χ2v) is 6.08. The van der Waals surface area contributed by atoms with Crippen molar-refractivity contribution in [3.63, 3.8) is 0 Å². The van der Waals surface area contributed by atoms with E-state index in [0.29, 0.717) is 0 Å². The molecule has 0 unspecified atom stereocenters. The Kier molecular flexibility index (Phi) is 6.53. The first-order valence-electron chi connectivity index (χ1n) is 6.21. The lowest BCUT2D eigenvalue weighted by Gasteiger charge is -2.25. The molecule has 0 saturated carbocycles. The molecule has 4 heteroatoms. The lowest BCUT2D eigenvalue weighted by atomic mass is 10.4. The van der Waals surface area contributed by atoms with Gasteiger partial charge in [-0.2, -0.15) is 0 Å². The highest BCUT2D eigenvalue weighted by Gasteiger charge is 2.49. The third-order valence-electron chi connectivity index (χ3n) is 2.21. The maximum atomic E-state index is 5.78. The van der Waals surface area contributed by atoms with Gasteiger partial charge in [-0.25, -0.2) is 0 Å². The maximum absolute atomic E-state index is 5.78. The van der Waals surface area contributed by atoms with Gasteiger partial charge >= 0.3 is 8.80 Å². The summed E-state index contributed by atoms with van der Waals surface area (Å²) < 4.78 is 17.3. The average molecular weight is 276 g/mol. The van der Waals surface area contributed by atoms with Crippen molar-refractivity contribution in [2.75, 3.05) is 0 Å². The van der Waals surface area contributed by atoms with E-state index in [0.717, 1.165) is 5.19 Å². The van der Waals surface area contributed by atoms with Crippen LogP contribution in [0, 0.1) is 0 Å². The third-order valence-corrected chi connectivity index (χ3v) is 4.58. The van der Waals surface area contributed by atoms with Crippen LogP contribution >= 0.6 is 0 Å². The van der Waals surface area contributed by atoms with Crippen molar-refractivity contribution in [3.8, 4) is 0 Å². The average Bonchev–Trinajstić information content (AvgIpc) is 2.48.